The van der Waals surface area contributed by atoms with Crippen LogP contribution in [0.25, 0.3) is 0 Å². The highest BCUT2D eigenvalue weighted by Crippen LogP contribution is 2.32. The van der Waals surface area contributed by atoms with Gasteiger partial charge in [-0.25, -0.2) is 8.78 Å². The second kappa shape index (κ2) is 10.3. The Morgan fingerprint density at radius 2 is 1.54 bits per heavy atom. The van der Waals surface area contributed by atoms with Crippen LogP contribution in [-0.2, 0) is 11.0 Å². The zero-order valence-corrected chi connectivity index (χ0v) is 19.0. The third kappa shape index (κ3) is 5.80. The Labute approximate surface area is 199 Å². The summed E-state index contributed by atoms with van der Waals surface area (Å²) >= 11 is 0. The van der Waals surface area contributed by atoms with Gasteiger partial charge in [-0.1, -0.05) is 12.8 Å². The van der Waals surface area contributed by atoms with Crippen molar-refractivity contribution in [1.82, 2.24) is 9.80 Å². The van der Waals surface area contributed by atoms with E-state index in [0.717, 1.165) is 43.9 Å². The Morgan fingerprint density at radius 1 is 0.914 bits per heavy atom. The molecule has 35 heavy (non-hydrogen) atoms. The van der Waals surface area contributed by atoms with Crippen molar-refractivity contribution in [2.45, 2.75) is 37.9 Å². The SMILES string of the molecule is O=C(Nc1ccc(F)cc1F)C(C1CCCC1)N1CCN(C(=O)c2ccc(C(F)(F)F)cc2)CC1. The van der Waals surface area contributed by atoms with Crippen LogP contribution in [0.4, 0.5) is 27.6 Å². The fourth-order valence-electron chi connectivity index (χ4n) is 4.94. The van der Waals surface area contributed by atoms with E-state index in [1.54, 1.807) is 4.90 Å². The quantitative estimate of drug-likeness (QED) is 0.598. The van der Waals surface area contributed by atoms with Gasteiger partial charge in [-0.3, -0.25) is 14.5 Å². The van der Waals surface area contributed by atoms with E-state index in [4.69, 9.17) is 0 Å². The van der Waals surface area contributed by atoms with Crippen molar-refractivity contribution in [2.75, 3.05) is 31.5 Å². The molecule has 2 fully saturated rings. The molecule has 1 aliphatic heterocycles. The summed E-state index contributed by atoms with van der Waals surface area (Å²) in [6.07, 6.45) is -0.777. The summed E-state index contributed by atoms with van der Waals surface area (Å²) < 4.78 is 65.7. The summed E-state index contributed by atoms with van der Waals surface area (Å²) in [6, 6.07) is 6.57. The lowest BCUT2D eigenvalue weighted by molar-refractivity contribution is -0.137. The van der Waals surface area contributed by atoms with Crippen LogP contribution in [0.2, 0.25) is 0 Å². The van der Waals surface area contributed by atoms with Crippen LogP contribution < -0.4 is 5.32 Å². The molecule has 1 atom stereocenters. The molecule has 2 aromatic carbocycles. The minimum atomic E-state index is -4.47. The molecule has 1 saturated carbocycles. The van der Waals surface area contributed by atoms with Crippen LogP contribution in [0.3, 0.4) is 0 Å². The van der Waals surface area contributed by atoms with Gasteiger partial charge in [-0.2, -0.15) is 13.2 Å². The number of anilines is 1. The number of rotatable bonds is 5. The monoisotopic (exact) mass is 495 g/mol. The summed E-state index contributed by atoms with van der Waals surface area (Å²) in [5.41, 5.74) is -0.735. The third-order valence-electron chi connectivity index (χ3n) is 6.76. The van der Waals surface area contributed by atoms with E-state index in [2.05, 4.69) is 5.32 Å². The van der Waals surface area contributed by atoms with Gasteiger partial charge >= 0.3 is 6.18 Å². The maximum atomic E-state index is 14.1. The summed E-state index contributed by atoms with van der Waals surface area (Å²) in [6.45, 7) is 1.41. The number of carbonyl (C=O) groups excluding carboxylic acids is 2. The molecular formula is C25H26F5N3O2. The van der Waals surface area contributed by atoms with Crippen molar-refractivity contribution >= 4 is 17.5 Å². The van der Waals surface area contributed by atoms with Gasteiger partial charge in [-0.15, -0.1) is 0 Å². The number of hydrogen-bond donors (Lipinski definition) is 1. The van der Waals surface area contributed by atoms with E-state index in [-0.39, 0.29) is 29.0 Å². The molecule has 2 aliphatic rings. The number of alkyl halides is 3. The van der Waals surface area contributed by atoms with Crippen molar-refractivity contribution in [3.8, 4) is 0 Å². The topological polar surface area (TPSA) is 52.7 Å². The summed E-state index contributed by atoms with van der Waals surface area (Å²) in [4.78, 5) is 29.5. The van der Waals surface area contributed by atoms with Gasteiger partial charge < -0.3 is 10.2 Å². The van der Waals surface area contributed by atoms with E-state index in [0.29, 0.717) is 32.2 Å². The Hall–Kier alpha value is -3.01. The van der Waals surface area contributed by atoms with E-state index in [1.165, 1.54) is 18.2 Å². The van der Waals surface area contributed by atoms with Gasteiger partial charge in [0, 0.05) is 37.8 Å². The molecule has 1 saturated heterocycles. The van der Waals surface area contributed by atoms with E-state index in [9.17, 15) is 31.5 Å². The number of nitrogens with one attached hydrogen (secondary N) is 1. The highest BCUT2D eigenvalue weighted by atomic mass is 19.4. The van der Waals surface area contributed by atoms with Crippen LogP contribution in [-0.4, -0.2) is 53.8 Å². The average Bonchev–Trinajstić information content (AvgIpc) is 3.35. The first-order valence-corrected chi connectivity index (χ1v) is 11.6. The van der Waals surface area contributed by atoms with Crippen molar-refractivity contribution in [3.05, 3.63) is 65.2 Å². The smallest absolute Gasteiger partial charge is 0.336 e. The molecule has 0 bridgehead atoms. The van der Waals surface area contributed by atoms with Crippen LogP contribution in [0.5, 0.6) is 0 Å². The average molecular weight is 495 g/mol. The summed E-state index contributed by atoms with van der Waals surface area (Å²) in [5, 5.41) is 2.59. The van der Waals surface area contributed by atoms with Crippen LogP contribution in [0, 0.1) is 17.6 Å². The predicted molar refractivity (Wildman–Crippen MR) is 120 cm³/mol. The number of carbonyl (C=O) groups is 2. The number of benzene rings is 2. The Bertz CT molecular complexity index is 1060. The molecule has 10 heteroatoms. The first-order chi connectivity index (χ1) is 16.6. The van der Waals surface area contributed by atoms with Crippen molar-refractivity contribution < 1.29 is 31.5 Å². The molecular weight excluding hydrogens is 469 g/mol. The Balaban J connectivity index is 1.42. The minimum absolute atomic E-state index is 0.0793. The highest BCUT2D eigenvalue weighted by Gasteiger charge is 2.38. The molecule has 188 valence electrons. The molecule has 0 radical (unpaired) electrons. The summed E-state index contributed by atoms with van der Waals surface area (Å²) in [7, 11) is 0. The molecule has 0 spiro atoms. The van der Waals surface area contributed by atoms with E-state index >= 15 is 0 Å². The second-order valence-electron chi connectivity index (χ2n) is 9.01. The van der Waals surface area contributed by atoms with Gasteiger partial charge in [-0.05, 0) is 55.2 Å². The van der Waals surface area contributed by atoms with E-state index in [1.807, 2.05) is 4.90 Å². The molecule has 1 unspecified atom stereocenters. The molecule has 1 N–H and O–H groups in total. The lowest BCUT2D eigenvalue weighted by Gasteiger charge is -2.40. The van der Waals surface area contributed by atoms with Crippen molar-refractivity contribution in [2.24, 2.45) is 5.92 Å². The zero-order chi connectivity index (χ0) is 25.2. The number of nitrogens with zero attached hydrogens (tertiary/aromatic N) is 2. The van der Waals surface area contributed by atoms with Gasteiger partial charge in [0.25, 0.3) is 5.91 Å². The third-order valence-corrected chi connectivity index (χ3v) is 6.76. The molecule has 4 rings (SSSR count). The highest BCUT2D eigenvalue weighted by molar-refractivity contribution is 5.96. The lowest BCUT2D eigenvalue weighted by Crippen LogP contribution is -2.57. The zero-order valence-electron chi connectivity index (χ0n) is 19.0. The van der Waals surface area contributed by atoms with Gasteiger partial charge in [0.1, 0.15) is 11.6 Å². The van der Waals surface area contributed by atoms with Crippen LogP contribution in [0.1, 0.15) is 41.6 Å². The predicted octanol–water partition coefficient (Wildman–Crippen LogP) is 4.94. The number of piperazine rings is 1. The van der Waals surface area contributed by atoms with Crippen molar-refractivity contribution in [3.63, 3.8) is 0 Å². The van der Waals surface area contributed by atoms with Gasteiger partial charge in [0.15, 0.2) is 0 Å². The Morgan fingerprint density at radius 3 is 2.11 bits per heavy atom. The fraction of sp³-hybridized carbons (Fsp3) is 0.440. The first kappa shape index (κ1) is 25.1. The molecule has 0 aromatic heterocycles. The van der Waals surface area contributed by atoms with Crippen molar-refractivity contribution in [1.29, 1.82) is 0 Å². The fourth-order valence-corrected chi connectivity index (χ4v) is 4.94. The minimum Gasteiger partial charge on any atom is -0.336 e. The molecule has 2 amide bonds. The maximum Gasteiger partial charge on any atom is 0.416 e. The number of amides is 2. The van der Waals surface area contributed by atoms with Crippen LogP contribution in [0.15, 0.2) is 42.5 Å². The first-order valence-electron chi connectivity index (χ1n) is 11.6. The standard InChI is InChI=1S/C25H26F5N3O2/c26-19-9-10-21(20(27)15-19)31-23(34)22(16-3-1-2-4-16)32-11-13-33(14-12-32)24(35)17-5-7-18(8-6-17)25(28,29)30/h5-10,15-16,22H,1-4,11-14H2,(H,31,34). The number of hydrogen-bond acceptors (Lipinski definition) is 3. The largest absolute Gasteiger partial charge is 0.416 e. The molecule has 1 heterocycles. The Kier molecular flexibility index (Phi) is 7.39. The second-order valence-corrected chi connectivity index (χ2v) is 9.01. The lowest BCUT2D eigenvalue weighted by atomic mass is 9.94. The summed E-state index contributed by atoms with van der Waals surface area (Å²) in [5.74, 6) is -2.24. The van der Waals surface area contributed by atoms with Gasteiger partial charge in [0.05, 0.1) is 17.3 Å². The van der Waals surface area contributed by atoms with E-state index < -0.39 is 29.4 Å². The normalized spacial score (nSPS) is 18.5. The number of halogens is 5. The molecule has 1 aliphatic carbocycles. The molecule has 5 nitrogen and oxygen atoms in total. The van der Waals surface area contributed by atoms with Gasteiger partial charge in [0.2, 0.25) is 5.91 Å². The van der Waals surface area contributed by atoms with Crippen LogP contribution >= 0.6 is 0 Å². The molecule has 2 aromatic rings. The maximum absolute atomic E-state index is 14.1.